The van der Waals surface area contributed by atoms with Crippen molar-refractivity contribution < 1.29 is 9.53 Å². The average Bonchev–Trinajstić information content (AvgIpc) is 3.23. The number of anilines is 1. The summed E-state index contributed by atoms with van der Waals surface area (Å²) in [7, 11) is 1.37. The van der Waals surface area contributed by atoms with Crippen LogP contribution in [0, 0.1) is 11.3 Å². The first-order valence-electron chi connectivity index (χ1n) is 8.08. The first-order valence-corrected chi connectivity index (χ1v) is 8.08. The van der Waals surface area contributed by atoms with Gasteiger partial charge in [-0.15, -0.1) is 0 Å². The molecule has 1 aliphatic carbocycles. The van der Waals surface area contributed by atoms with Gasteiger partial charge in [-0.2, -0.15) is 10.4 Å². The van der Waals surface area contributed by atoms with Gasteiger partial charge in [-0.25, -0.2) is 4.68 Å². The first kappa shape index (κ1) is 16.1. The van der Waals surface area contributed by atoms with Gasteiger partial charge < -0.3 is 10.5 Å². The summed E-state index contributed by atoms with van der Waals surface area (Å²) in [5.74, 6) is 0.160. The molecule has 6 nitrogen and oxygen atoms in total. The molecule has 3 rings (SSSR count). The number of nitrogens with zero attached hydrogens (tertiary/aromatic N) is 3. The largest absolute Gasteiger partial charge is 0.469 e. The summed E-state index contributed by atoms with van der Waals surface area (Å²) in [5, 5.41) is 14.1. The first-order chi connectivity index (χ1) is 11.6. The molecule has 1 aromatic heterocycles. The molecule has 0 spiro atoms. The lowest BCUT2D eigenvalue weighted by atomic mass is 10.0. The van der Waals surface area contributed by atoms with Crippen LogP contribution in [-0.4, -0.2) is 22.9 Å². The Hall–Kier alpha value is -2.81. The molecule has 6 heteroatoms. The van der Waals surface area contributed by atoms with Crippen molar-refractivity contribution in [1.82, 2.24) is 9.78 Å². The molecule has 0 radical (unpaired) electrons. The van der Waals surface area contributed by atoms with E-state index in [1.165, 1.54) is 20.0 Å². The zero-order valence-electron chi connectivity index (χ0n) is 13.7. The average molecular weight is 324 g/mol. The highest BCUT2D eigenvalue weighted by atomic mass is 16.5. The number of nitrogen functional groups attached to an aromatic ring is 1. The van der Waals surface area contributed by atoms with E-state index >= 15 is 0 Å². The van der Waals surface area contributed by atoms with Crippen LogP contribution in [0.15, 0.2) is 24.3 Å². The maximum absolute atomic E-state index is 11.3. The van der Waals surface area contributed by atoms with Crippen molar-refractivity contribution in [2.45, 2.75) is 38.1 Å². The van der Waals surface area contributed by atoms with Crippen LogP contribution in [0.1, 0.15) is 42.9 Å². The molecule has 0 saturated heterocycles. The standard InChI is InChI=1S/C18H20N4O2/c1-24-16(23)10-12-6-8-13(9-7-12)17-15(11-19)18(20)22(21-17)14-4-2-3-5-14/h6-9,14H,2-5,10,20H2,1H3. The van der Waals surface area contributed by atoms with E-state index < -0.39 is 0 Å². The molecule has 124 valence electrons. The van der Waals surface area contributed by atoms with E-state index in [2.05, 4.69) is 15.9 Å². The SMILES string of the molecule is COC(=O)Cc1ccc(-c2nn(C3CCCC3)c(N)c2C#N)cc1. The summed E-state index contributed by atoms with van der Waals surface area (Å²) in [6, 6.07) is 9.87. The van der Waals surface area contributed by atoms with Crippen molar-refractivity contribution in [3.63, 3.8) is 0 Å². The number of benzene rings is 1. The number of carbonyl (C=O) groups is 1. The highest BCUT2D eigenvalue weighted by Crippen LogP contribution is 2.35. The van der Waals surface area contributed by atoms with E-state index in [4.69, 9.17) is 5.73 Å². The van der Waals surface area contributed by atoms with Gasteiger partial charge in [-0.3, -0.25) is 4.79 Å². The second kappa shape index (κ2) is 6.75. The zero-order chi connectivity index (χ0) is 17.1. The van der Waals surface area contributed by atoms with E-state index in [1.54, 1.807) is 0 Å². The second-order valence-corrected chi connectivity index (χ2v) is 6.05. The minimum atomic E-state index is -0.282. The van der Waals surface area contributed by atoms with Crippen LogP contribution in [0.2, 0.25) is 0 Å². The fourth-order valence-electron chi connectivity index (χ4n) is 3.21. The number of aromatic nitrogens is 2. The van der Waals surface area contributed by atoms with Gasteiger partial charge in [0, 0.05) is 5.56 Å². The molecule has 0 atom stereocenters. The fraction of sp³-hybridized carbons (Fsp3) is 0.389. The van der Waals surface area contributed by atoms with Crippen LogP contribution in [0.4, 0.5) is 5.82 Å². The molecule has 1 heterocycles. The molecule has 0 unspecified atom stereocenters. The normalized spacial score (nSPS) is 14.5. The van der Waals surface area contributed by atoms with E-state index in [0.29, 0.717) is 17.1 Å². The van der Waals surface area contributed by atoms with Gasteiger partial charge in [0.25, 0.3) is 0 Å². The van der Waals surface area contributed by atoms with Gasteiger partial charge in [0.05, 0.1) is 19.6 Å². The monoisotopic (exact) mass is 324 g/mol. The lowest BCUT2D eigenvalue weighted by molar-refractivity contribution is -0.139. The number of ether oxygens (including phenoxy) is 1. The third kappa shape index (κ3) is 2.98. The number of nitriles is 1. The Bertz CT molecular complexity index is 781. The van der Waals surface area contributed by atoms with Crippen molar-refractivity contribution in [3.05, 3.63) is 35.4 Å². The molecule has 24 heavy (non-hydrogen) atoms. The lowest BCUT2D eigenvalue weighted by Crippen LogP contribution is -2.10. The number of hydrogen-bond acceptors (Lipinski definition) is 5. The third-order valence-corrected chi connectivity index (χ3v) is 4.53. The van der Waals surface area contributed by atoms with E-state index in [9.17, 15) is 10.1 Å². The summed E-state index contributed by atoms with van der Waals surface area (Å²) in [5.41, 5.74) is 8.86. The summed E-state index contributed by atoms with van der Waals surface area (Å²) >= 11 is 0. The summed E-state index contributed by atoms with van der Waals surface area (Å²) < 4.78 is 6.48. The van der Waals surface area contributed by atoms with Gasteiger partial charge >= 0.3 is 5.97 Å². The van der Waals surface area contributed by atoms with Crippen LogP contribution in [0.3, 0.4) is 0 Å². The van der Waals surface area contributed by atoms with Gasteiger partial charge in [-0.1, -0.05) is 37.1 Å². The van der Waals surface area contributed by atoms with Crippen molar-refractivity contribution >= 4 is 11.8 Å². The molecule has 1 saturated carbocycles. The molecular formula is C18H20N4O2. The molecule has 0 aliphatic heterocycles. The Kier molecular flexibility index (Phi) is 4.52. The lowest BCUT2D eigenvalue weighted by Gasteiger charge is -2.11. The van der Waals surface area contributed by atoms with Crippen molar-refractivity contribution in [2.75, 3.05) is 12.8 Å². The smallest absolute Gasteiger partial charge is 0.309 e. The fourth-order valence-corrected chi connectivity index (χ4v) is 3.21. The van der Waals surface area contributed by atoms with Crippen LogP contribution in [-0.2, 0) is 16.0 Å². The van der Waals surface area contributed by atoms with E-state index in [0.717, 1.165) is 24.0 Å². The maximum Gasteiger partial charge on any atom is 0.309 e. The number of rotatable bonds is 4. The van der Waals surface area contributed by atoms with Gasteiger partial charge in [0.1, 0.15) is 23.1 Å². The predicted octanol–water partition coefficient (Wildman–Crippen LogP) is 2.83. The molecule has 0 bridgehead atoms. The minimum absolute atomic E-state index is 0.223. The van der Waals surface area contributed by atoms with Crippen LogP contribution in [0.25, 0.3) is 11.3 Å². The highest BCUT2D eigenvalue weighted by molar-refractivity contribution is 5.75. The van der Waals surface area contributed by atoms with Crippen LogP contribution < -0.4 is 5.73 Å². The Morgan fingerprint density at radius 1 is 1.38 bits per heavy atom. The Morgan fingerprint density at radius 3 is 2.62 bits per heavy atom. The molecule has 2 aromatic rings. The van der Waals surface area contributed by atoms with Crippen molar-refractivity contribution in [2.24, 2.45) is 0 Å². The predicted molar refractivity (Wildman–Crippen MR) is 90.0 cm³/mol. The van der Waals surface area contributed by atoms with Gasteiger partial charge in [-0.05, 0) is 18.4 Å². The Labute approximate surface area is 140 Å². The van der Waals surface area contributed by atoms with Crippen LogP contribution in [0.5, 0.6) is 0 Å². The number of hydrogen-bond donors (Lipinski definition) is 1. The van der Waals surface area contributed by atoms with Crippen molar-refractivity contribution in [3.8, 4) is 17.3 Å². The summed E-state index contributed by atoms with van der Waals surface area (Å²) in [6.07, 6.45) is 4.66. The Morgan fingerprint density at radius 2 is 2.04 bits per heavy atom. The number of esters is 1. The summed E-state index contributed by atoms with van der Waals surface area (Å²) in [6.45, 7) is 0. The van der Waals surface area contributed by atoms with Gasteiger partial charge in [0.2, 0.25) is 0 Å². The molecular weight excluding hydrogens is 304 g/mol. The van der Waals surface area contributed by atoms with Gasteiger partial charge in [0.15, 0.2) is 0 Å². The number of methoxy groups -OCH3 is 1. The van der Waals surface area contributed by atoms with Crippen LogP contribution >= 0.6 is 0 Å². The molecule has 2 N–H and O–H groups in total. The highest BCUT2D eigenvalue weighted by Gasteiger charge is 2.24. The number of carbonyl (C=O) groups excluding carboxylic acids is 1. The second-order valence-electron chi connectivity index (χ2n) is 6.05. The topological polar surface area (TPSA) is 93.9 Å². The molecule has 1 aromatic carbocycles. The third-order valence-electron chi connectivity index (χ3n) is 4.53. The minimum Gasteiger partial charge on any atom is -0.469 e. The van der Waals surface area contributed by atoms with E-state index in [1.807, 2.05) is 28.9 Å². The van der Waals surface area contributed by atoms with Crippen molar-refractivity contribution in [1.29, 1.82) is 5.26 Å². The molecule has 0 amide bonds. The zero-order valence-corrected chi connectivity index (χ0v) is 13.7. The molecule has 1 aliphatic rings. The van der Waals surface area contributed by atoms with E-state index in [-0.39, 0.29) is 18.4 Å². The maximum atomic E-state index is 11.3. The number of nitrogens with two attached hydrogens (primary N) is 1. The quantitative estimate of drug-likeness (QED) is 0.873. The summed E-state index contributed by atoms with van der Waals surface area (Å²) in [4.78, 5) is 11.3. The molecule has 1 fully saturated rings. The Balaban J connectivity index is 1.92.